The van der Waals surface area contributed by atoms with E-state index in [9.17, 15) is 4.79 Å². The van der Waals surface area contributed by atoms with E-state index in [-0.39, 0.29) is 5.97 Å². The van der Waals surface area contributed by atoms with Crippen LogP contribution in [0, 0.1) is 0 Å². The average molecular weight is 339 g/mol. The Hall–Kier alpha value is -2.60. The van der Waals surface area contributed by atoms with Crippen LogP contribution in [0.4, 0.5) is 0 Å². The van der Waals surface area contributed by atoms with Crippen LogP contribution in [0.2, 0.25) is 0 Å². The van der Waals surface area contributed by atoms with Crippen molar-refractivity contribution in [3.63, 3.8) is 0 Å². The number of carbonyl (C=O) groups is 1. The Balaban J connectivity index is 1.40. The number of oxazole rings is 1. The molecule has 1 aliphatic heterocycles. The summed E-state index contributed by atoms with van der Waals surface area (Å²) in [6, 6.07) is 11.9. The third-order valence-corrected chi connectivity index (χ3v) is 4.82. The van der Waals surface area contributed by atoms with Crippen LogP contribution in [0.5, 0.6) is 0 Å². The summed E-state index contributed by atoms with van der Waals surface area (Å²) < 4.78 is 12.7. The molecule has 25 heavy (non-hydrogen) atoms. The first-order chi connectivity index (χ1) is 12.2. The van der Waals surface area contributed by atoms with E-state index in [1.165, 1.54) is 7.11 Å². The first kappa shape index (κ1) is 15.9. The van der Waals surface area contributed by atoms with Gasteiger partial charge in [0.1, 0.15) is 11.2 Å². The summed E-state index contributed by atoms with van der Waals surface area (Å²) in [7, 11) is 1.42. The topological polar surface area (TPSA) is 60.5 Å². The molecule has 3 aromatic rings. The molecule has 0 unspecified atom stereocenters. The monoisotopic (exact) mass is 339 g/mol. The fourth-order valence-electron chi connectivity index (χ4n) is 3.52. The highest BCUT2D eigenvalue weighted by atomic mass is 16.5. The molecule has 6 heteroatoms. The number of ether oxygens (including phenoxy) is 1. The van der Waals surface area contributed by atoms with Gasteiger partial charge in [0, 0.05) is 25.3 Å². The van der Waals surface area contributed by atoms with E-state index in [2.05, 4.69) is 9.88 Å². The molecule has 1 fully saturated rings. The van der Waals surface area contributed by atoms with Crippen molar-refractivity contribution < 1.29 is 13.9 Å². The molecular formula is C19H21N3O3. The van der Waals surface area contributed by atoms with Crippen molar-refractivity contribution in [3.05, 3.63) is 54.2 Å². The molecule has 2 aromatic heterocycles. The number of rotatable bonds is 4. The molecule has 130 valence electrons. The zero-order valence-corrected chi connectivity index (χ0v) is 14.2. The van der Waals surface area contributed by atoms with Gasteiger partial charge >= 0.3 is 5.97 Å². The van der Waals surface area contributed by atoms with Gasteiger partial charge in [0.25, 0.3) is 0 Å². The third-order valence-electron chi connectivity index (χ3n) is 4.82. The number of benzene rings is 1. The molecular weight excluding hydrogens is 318 g/mol. The predicted octanol–water partition coefficient (Wildman–Crippen LogP) is 3.25. The number of esters is 1. The van der Waals surface area contributed by atoms with Gasteiger partial charge in [0.15, 0.2) is 5.58 Å². The second kappa shape index (κ2) is 6.72. The number of piperidine rings is 1. The second-order valence-electron chi connectivity index (χ2n) is 6.37. The minimum atomic E-state index is -0.279. The Morgan fingerprint density at radius 2 is 2.04 bits per heavy atom. The quantitative estimate of drug-likeness (QED) is 0.683. The first-order valence-electron chi connectivity index (χ1n) is 8.56. The molecule has 1 aliphatic rings. The Labute approximate surface area is 146 Å². The largest absolute Gasteiger partial charge is 0.464 e. The molecule has 0 radical (unpaired) electrons. The van der Waals surface area contributed by atoms with E-state index in [0.717, 1.165) is 49.5 Å². The van der Waals surface area contributed by atoms with Crippen LogP contribution in [0.15, 0.2) is 47.0 Å². The van der Waals surface area contributed by atoms with E-state index in [1.54, 1.807) is 0 Å². The van der Waals surface area contributed by atoms with Crippen LogP contribution < -0.4 is 0 Å². The molecule has 1 saturated heterocycles. The molecule has 0 bridgehead atoms. The second-order valence-corrected chi connectivity index (χ2v) is 6.37. The number of aromatic nitrogens is 2. The van der Waals surface area contributed by atoms with Crippen LogP contribution in [0.3, 0.4) is 0 Å². The van der Waals surface area contributed by atoms with E-state index in [4.69, 9.17) is 9.15 Å². The van der Waals surface area contributed by atoms with E-state index >= 15 is 0 Å². The normalized spacial score (nSPS) is 16.4. The lowest BCUT2D eigenvalue weighted by Crippen LogP contribution is -2.34. The molecule has 0 saturated carbocycles. The number of para-hydroxylation sites is 2. The zero-order chi connectivity index (χ0) is 17.2. The summed E-state index contributed by atoms with van der Waals surface area (Å²) in [5.41, 5.74) is 2.37. The molecule has 1 aromatic carbocycles. The van der Waals surface area contributed by atoms with Gasteiger partial charge in [-0.05, 0) is 37.1 Å². The third kappa shape index (κ3) is 3.17. The van der Waals surface area contributed by atoms with Crippen molar-refractivity contribution in [1.82, 2.24) is 14.5 Å². The summed E-state index contributed by atoms with van der Waals surface area (Å²) in [5.74, 6) is 0.481. The number of nitrogens with zero attached hydrogens (tertiary/aromatic N) is 3. The van der Waals surface area contributed by atoms with Gasteiger partial charge in [-0.2, -0.15) is 0 Å². The van der Waals surface area contributed by atoms with Crippen LogP contribution in [0.25, 0.3) is 11.1 Å². The van der Waals surface area contributed by atoms with Gasteiger partial charge in [-0.15, -0.1) is 0 Å². The fraction of sp³-hybridized carbons (Fsp3) is 0.368. The van der Waals surface area contributed by atoms with Crippen molar-refractivity contribution in [2.45, 2.75) is 25.4 Å². The lowest BCUT2D eigenvalue weighted by Gasteiger charge is -2.32. The van der Waals surface area contributed by atoms with Gasteiger partial charge in [0.2, 0.25) is 5.89 Å². The number of carbonyl (C=O) groups excluding carboxylic acids is 1. The SMILES string of the molecule is COC(=O)c1cccn1C1CCN(Cc2nc3ccccc3o2)CC1. The molecule has 3 heterocycles. The zero-order valence-electron chi connectivity index (χ0n) is 14.2. The van der Waals surface area contributed by atoms with Crippen molar-refractivity contribution >= 4 is 17.1 Å². The standard InChI is InChI=1S/C19H21N3O3/c1-24-19(23)16-6-4-10-22(16)14-8-11-21(12-9-14)13-18-20-15-5-2-3-7-17(15)25-18/h2-7,10,14H,8-9,11-13H2,1H3. The van der Waals surface area contributed by atoms with Crippen LogP contribution >= 0.6 is 0 Å². The number of methoxy groups -OCH3 is 1. The maximum absolute atomic E-state index is 11.9. The fourth-order valence-corrected chi connectivity index (χ4v) is 3.52. The highest BCUT2D eigenvalue weighted by Gasteiger charge is 2.24. The average Bonchev–Trinajstić information content (AvgIpc) is 3.28. The van der Waals surface area contributed by atoms with Gasteiger partial charge in [-0.25, -0.2) is 9.78 Å². The van der Waals surface area contributed by atoms with Gasteiger partial charge < -0.3 is 13.7 Å². The van der Waals surface area contributed by atoms with E-state index in [1.807, 2.05) is 47.2 Å². The number of fused-ring (bicyclic) bond motifs is 1. The van der Waals surface area contributed by atoms with Crippen molar-refractivity contribution in [3.8, 4) is 0 Å². The predicted molar refractivity (Wildman–Crippen MR) is 93.3 cm³/mol. The van der Waals surface area contributed by atoms with Gasteiger partial charge in [0.05, 0.1) is 13.7 Å². The van der Waals surface area contributed by atoms with E-state index < -0.39 is 0 Å². The van der Waals surface area contributed by atoms with Gasteiger partial charge in [-0.3, -0.25) is 4.90 Å². The van der Waals surface area contributed by atoms with Crippen molar-refractivity contribution in [1.29, 1.82) is 0 Å². The maximum Gasteiger partial charge on any atom is 0.354 e. The van der Waals surface area contributed by atoms with Crippen molar-refractivity contribution in [2.24, 2.45) is 0 Å². The summed E-state index contributed by atoms with van der Waals surface area (Å²) >= 11 is 0. The minimum Gasteiger partial charge on any atom is -0.464 e. The molecule has 6 nitrogen and oxygen atoms in total. The molecule has 0 amide bonds. The Kier molecular flexibility index (Phi) is 4.28. The molecule has 0 aliphatic carbocycles. The smallest absolute Gasteiger partial charge is 0.354 e. The summed E-state index contributed by atoms with van der Waals surface area (Å²) in [4.78, 5) is 18.8. The van der Waals surface area contributed by atoms with Crippen LogP contribution in [-0.4, -0.2) is 40.6 Å². The van der Waals surface area contributed by atoms with E-state index in [0.29, 0.717) is 11.7 Å². The number of hydrogen-bond acceptors (Lipinski definition) is 5. The molecule has 4 rings (SSSR count). The highest BCUT2D eigenvalue weighted by molar-refractivity contribution is 5.87. The highest BCUT2D eigenvalue weighted by Crippen LogP contribution is 2.26. The Morgan fingerprint density at radius 3 is 2.80 bits per heavy atom. The lowest BCUT2D eigenvalue weighted by molar-refractivity contribution is 0.0581. The Bertz CT molecular complexity index is 842. The summed E-state index contributed by atoms with van der Waals surface area (Å²) in [6.07, 6.45) is 3.94. The van der Waals surface area contributed by atoms with Crippen LogP contribution in [-0.2, 0) is 11.3 Å². The summed E-state index contributed by atoms with van der Waals surface area (Å²) in [5, 5.41) is 0. The number of likely N-dealkylation sites (tertiary alicyclic amines) is 1. The number of hydrogen-bond donors (Lipinski definition) is 0. The summed E-state index contributed by atoms with van der Waals surface area (Å²) in [6.45, 7) is 2.61. The minimum absolute atomic E-state index is 0.279. The maximum atomic E-state index is 11.9. The Morgan fingerprint density at radius 1 is 1.24 bits per heavy atom. The molecule has 0 spiro atoms. The molecule has 0 N–H and O–H groups in total. The first-order valence-corrected chi connectivity index (χ1v) is 8.56. The van der Waals surface area contributed by atoms with Gasteiger partial charge in [-0.1, -0.05) is 12.1 Å². The van der Waals surface area contributed by atoms with Crippen molar-refractivity contribution in [2.75, 3.05) is 20.2 Å². The van der Waals surface area contributed by atoms with Crippen LogP contribution in [0.1, 0.15) is 35.3 Å². The molecule has 0 atom stereocenters. The lowest BCUT2D eigenvalue weighted by atomic mass is 10.0.